The molecule has 1 aliphatic carbocycles. The molecule has 0 bridgehead atoms. The maximum absolute atomic E-state index is 12.5. The van der Waals surface area contributed by atoms with E-state index in [2.05, 4.69) is 15.1 Å². The summed E-state index contributed by atoms with van der Waals surface area (Å²) >= 11 is 0. The second kappa shape index (κ2) is 8.96. The van der Waals surface area contributed by atoms with Crippen molar-refractivity contribution in [2.24, 2.45) is 11.8 Å². The number of carbonyl (C=O) groups is 2. The first kappa shape index (κ1) is 18.6. The minimum Gasteiger partial charge on any atom is -0.481 e. The van der Waals surface area contributed by atoms with E-state index in [1.165, 1.54) is 0 Å². The summed E-state index contributed by atoms with van der Waals surface area (Å²) in [6, 6.07) is 1.95. The number of piperazine rings is 1. The topological polar surface area (TPSA) is 86.6 Å². The van der Waals surface area contributed by atoms with Crippen molar-refractivity contribution in [2.75, 3.05) is 31.1 Å². The van der Waals surface area contributed by atoms with Gasteiger partial charge in [0.15, 0.2) is 0 Å². The zero-order chi connectivity index (χ0) is 18.4. The van der Waals surface area contributed by atoms with Crippen molar-refractivity contribution in [3.63, 3.8) is 0 Å². The maximum atomic E-state index is 12.5. The molecule has 0 spiro atoms. The number of carbonyl (C=O) groups excluding carboxylic acids is 1. The van der Waals surface area contributed by atoms with Crippen LogP contribution in [0.3, 0.4) is 0 Å². The Labute approximate surface area is 154 Å². The molecule has 3 rings (SSSR count). The van der Waals surface area contributed by atoms with Crippen LogP contribution in [-0.4, -0.2) is 58.3 Å². The number of carboxylic acid groups (broad SMARTS) is 1. The highest BCUT2D eigenvalue weighted by Gasteiger charge is 2.25. The third-order valence-electron chi connectivity index (χ3n) is 5.76. The van der Waals surface area contributed by atoms with E-state index in [1.54, 1.807) is 12.4 Å². The average Bonchev–Trinajstić information content (AvgIpc) is 2.67. The van der Waals surface area contributed by atoms with Crippen LogP contribution in [0.5, 0.6) is 0 Å². The SMILES string of the molecule is O=C(O)CC1CCC(CCC(=O)N2CCN(c3ccnnc3)CC2)CC1. The molecule has 1 saturated carbocycles. The van der Waals surface area contributed by atoms with Gasteiger partial charge in [-0.1, -0.05) is 12.8 Å². The summed E-state index contributed by atoms with van der Waals surface area (Å²) in [7, 11) is 0. The molecule has 26 heavy (non-hydrogen) atoms. The second-order valence-electron chi connectivity index (χ2n) is 7.49. The largest absolute Gasteiger partial charge is 0.481 e. The van der Waals surface area contributed by atoms with Gasteiger partial charge in [0.1, 0.15) is 0 Å². The summed E-state index contributed by atoms with van der Waals surface area (Å²) in [6.45, 7) is 3.18. The highest BCUT2D eigenvalue weighted by atomic mass is 16.4. The lowest BCUT2D eigenvalue weighted by molar-refractivity contribution is -0.138. The monoisotopic (exact) mass is 360 g/mol. The van der Waals surface area contributed by atoms with Crippen molar-refractivity contribution in [3.05, 3.63) is 18.5 Å². The van der Waals surface area contributed by atoms with Crippen LogP contribution in [0.25, 0.3) is 0 Å². The van der Waals surface area contributed by atoms with Crippen molar-refractivity contribution in [1.82, 2.24) is 15.1 Å². The van der Waals surface area contributed by atoms with Gasteiger partial charge in [-0.25, -0.2) is 0 Å². The minimum absolute atomic E-state index is 0.255. The second-order valence-corrected chi connectivity index (χ2v) is 7.49. The summed E-state index contributed by atoms with van der Waals surface area (Å²) < 4.78 is 0. The number of anilines is 1. The molecule has 0 unspecified atom stereocenters. The standard InChI is InChI=1S/C19H28N4O3/c24-18(6-5-15-1-3-16(4-2-15)13-19(25)26)23-11-9-22(10-12-23)17-7-8-20-21-14-17/h7-8,14-16H,1-6,9-13H2,(H,25,26). The van der Waals surface area contributed by atoms with Gasteiger partial charge >= 0.3 is 5.97 Å². The molecule has 7 nitrogen and oxygen atoms in total. The van der Waals surface area contributed by atoms with Crippen LogP contribution >= 0.6 is 0 Å². The number of hydrogen-bond acceptors (Lipinski definition) is 5. The molecular weight excluding hydrogens is 332 g/mol. The van der Waals surface area contributed by atoms with Crippen molar-refractivity contribution in [3.8, 4) is 0 Å². The van der Waals surface area contributed by atoms with Gasteiger partial charge in [0.05, 0.1) is 18.1 Å². The molecule has 1 aromatic heterocycles. The van der Waals surface area contributed by atoms with E-state index in [0.717, 1.165) is 64.0 Å². The molecule has 1 aliphatic heterocycles. The Hall–Kier alpha value is -2.18. The van der Waals surface area contributed by atoms with Crippen LogP contribution in [0.4, 0.5) is 5.69 Å². The van der Waals surface area contributed by atoms with E-state index in [-0.39, 0.29) is 5.91 Å². The van der Waals surface area contributed by atoms with Gasteiger partial charge in [-0.15, -0.1) is 0 Å². The van der Waals surface area contributed by atoms with Gasteiger partial charge in [0.2, 0.25) is 5.91 Å². The lowest BCUT2D eigenvalue weighted by Crippen LogP contribution is -2.48. The molecule has 2 aliphatic rings. The highest BCUT2D eigenvalue weighted by molar-refractivity contribution is 5.76. The minimum atomic E-state index is -0.690. The van der Waals surface area contributed by atoms with Crippen molar-refractivity contribution < 1.29 is 14.7 Å². The lowest BCUT2D eigenvalue weighted by atomic mass is 9.79. The number of carboxylic acids is 1. The number of amides is 1. The molecule has 0 aromatic carbocycles. The van der Waals surface area contributed by atoms with Gasteiger partial charge in [-0.2, -0.15) is 10.2 Å². The van der Waals surface area contributed by atoms with E-state index < -0.39 is 5.97 Å². The van der Waals surface area contributed by atoms with E-state index in [1.807, 2.05) is 11.0 Å². The molecule has 2 fully saturated rings. The quantitative estimate of drug-likeness (QED) is 0.837. The van der Waals surface area contributed by atoms with Crippen LogP contribution < -0.4 is 4.90 Å². The third kappa shape index (κ3) is 5.16. The van der Waals surface area contributed by atoms with Crippen molar-refractivity contribution in [2.45, 2.75) is 44.9 Å². The van der Waals surface area contributed by atoms with Crippen molar-refractivity contribution in [1.29, 1.82) is 0 Å². The average molecular weight is 360 g/mol. The Kier molecular flexibility index (Phi) is 6.41. The molecule has 142 valence electrons. The van der Waals surface area contributed by atoms with Gasteiger partial charge in [0.25, 0.3) is 0 Å². The molecule has 7 heteroatoms. The molecule has 0 radical (unpaired) electrons. The summed E-state index contributed by atoms with van der Waals surface area (Å²) in [5.74, 6) is 0.471. The highest BCUT2D eigenvalue weighted by Crippen LogP contribution is 2.33. The van der Waals surface area contributed by atoms with Crippen LogP contribution in [-0.2, 0) is 9.59 Å². The van der Waals surface area contributed by atoms with Crippen LogP contribution in [0.15, 0.2) is 18.5 Å². The Morgan fingerprint density at radius 3 is 2.35 bits per heavy atom. The summed E-state index contributed by atoms with van der Waals surface area (Å²) in [4.78, 5) is 27.5. The Bertz CT molecular complexity index is 594. The smallest absolute Gasteiger partial charge is 0.303 e. The lowest BCUT2D eigenvalue weighted by Gasteiger charge is -2.36. The zero-order valence-corrected chi connectivity index (χ0v) is 15.2. The van der Waals surface area contributed by atoms with Gasteiger partial charge in [0, 0.05) is 39.0 Å². The number of nitrogens with zero attached hydrogens (tertiary/aromatic N) is 4. The van der Waals surface area contributed by atoms with E-state index >= 15 is 0 Å². The summed E-state index contributed by atoms with van der Waals surface area (Å²) in [6.07, 6.45) is 9.41. The Morgan fingerprint density at radius 1 is 1.04 bits per heavy atom. The molecule has 1 amide bonds. The summed E-state index contributed by atoms with van der Waals surface area (Å²) in [5, 5.41) is 16.6. The zero-order valence-electron chi connectivity index (χ0n) is 15.2. The molecule has 1 aromatic rings. The predicted molar refractivity (Wildman–Crippen MR) is 97.8 cm³/mol. The fourth-order valence-electron chi connectivity index (χ4n) is 4.14. The normalized spacial score (nSPS) is 23.7. The Morgan fingerprint density at radius 2 is 1.73 bits per heavy atom. The van der Waals surface area contributed by atoms with Gasteiger partial charge in [-0.05, 0) is 37.2 Å². The van der Waals surface area contributed by atoms with E-state index in [0.29, 0.717) is 24.7 Å². The number of rotatable bonds is 6. The van der Waals surface area contributed by atoms with E-state index in [9.17, 15) is 9.59 Å². The molecule has 2 heterocycles. The van der Waals surface area contributed by atoms with Gasteiger partial charge in [-0.3, -0.25) is 9.59 Å². The third-order valence-corrected chi connectivity index (χ3v) is 5.76. The first-order chi connectivity index (χ1) is 12.6. The van der Waals surface area contributed by atoms with Crippen LogP contribution in [0.2, 0.25) is 0 Å². The summed E-state index contributed by atoms with van der Waals surface area (Å²) in [5.41, 5.74) is 1.06. The first-order valence-corrected chi connectivity index (χ1v) is 9.63. The fourth-order valence-corrected chi connectivity index (χ4v) is 4.14. The first-order valence-electron chi connectivity index (χ1n) is 9.63. The number of aliphatic carboxylic acids is 1. The maximum Gasteiger partial charge on any atom is 0.303 e. The number of hydrogen-bond donors (Lipinski definition) is 1. The fraction of sp³-hybridized carbons (Fsp3) is 0.684. The van der Waals surface area contributed by atoms with E-state index in [4.69, 9.17) is 5.11 Å². The number of aromatic nitrogens is 2. The van der Waals surface area contributed by atoms with Gasteiger partial charge < -0.3 is 14.9 Å². The predicted octanol–water partition coefficient (Wildman–Crippen LogP) is 2.19. The molecule has 1 N–H and O–H groups in total. The molecule has 0 atom stereocenters. The van der Waals surface area contributed by atoms with Crippen LogP contribution in [0.1, 0.15) is 44.9 Å². The molecule has 1 saturated heterocycles. The molecular formula is C19H28N4O3. The van der Waals surface area contributed by atoms with Crippen molar-refractivity contribution >= 4 is 17.6 Å². The van der Waals surface area contributed by atoms with Crippen LogP contribution in [0, 0.1) is 11.8 Å². The Balaban J connectivity index is 1.35.